The van der Waals surface area contributed by atoms with Crippen LogP contribution in [-0.2, 0) is 0 Å². The molecule has 0 heteroatoms. The van der Waals surface area contributed by atoms with Gasteiger partial charge < -0.3 is 0 Å². The minimum absolute atomic E-state index is 1.20. The summed E-state index contributed by atoms with van der Waals surface area (Å²) in [6, 6.07) is 0. The lowest BCUT2D eigenvalue weighted by Crippen LogP contribution is -1.85. The van der Waals surface area contributed by atoms with E-state index in [2.05, 4.69) is 52.5 Å². The minimum atomic E-state index is 1.20. The highest BCUT2D eigenvalue weighted by atomic mass is 14.0. The van der Waals surface area contributed by atoms with Crippen LogP contribution in [0.1, 0.15) is 53.4 Å². The van der Waals surface area contributed by atoms with Gasteiger partial charge in [-0.3, -0.25) is 0 Å². The van der Waals surface area contributed by atoms with E-state index in [1.165, 1.54) is 42.4 Å². The highest BCUT2D eigenvalue weighted by Gasteiger charge is 1.95. The van der Waals surface area contributed by atoms with Crippen molar-refractivity contribution in [2.75, 3.05) is 0 Å². The van der Waals surface area contributed by atoms with Crippen molar-refractivity contribution in [2.24, 2.45) is 0 Å². The molecule has 0 aromatic heterocycles. The van der Waals surface area contributed by atoms with Crippen LogP contribution < -0.4 is 0 Å². The van der Waals surface area contributed by atoms with Gasteiger partial charge >= 0.3 is 0 Å². The Morgan fingerprint density at radius 2 is 1.75 bits per heavy atom. The summed E-state index contributed by atoms with van der Waals surface area (Å²) in [6.07, 6.45) is 13.3. The Hall–Kier alpha value is -1.04. The number of allylic oxidation sites excluding steroid dienone is 7. The molecule has 0 spiro atoms. The third-order valence-electron chi connectivity index (χ3n) is 2.61. The Kier molecular flexibility index (Phi) is 8.61. The average molecular weight is 218 g/mol. The van der Waals surface area contributed by atoms with Crippen LogP contribution in [0.2, 0.25) is 0 Å². The summed E-state index contributed by atoms with van der Waals surface area (Å²) in [5.41, 5.74) is 4.44. The predicted molar refractivity (Wildman–Crippen MR) is 75.6 cm³/mol. The van der Waals surface area contributed by atoms with Gasteiger partial charge in [0.15, 0.2) is 0 Å². The molecule has 0 heterocycles. The molecule has 1 aliphatic rings. The van der Waals surface area contributed by atoms with E-state index in [1.54, 1.807) is 0 Å². The van der Waals surface area contributed by atoms with E-state index in [0.29, 0.717) is 0 Å². The van der Waals surface area contributed by atoms with Crippen LogP contribution in [0.4, 0.5) is 0 Å². The Morgan fingerprint density at radius 3 is 2.06 bits per heavy atom. The maximum Gasteiger partial charge on any atom is -0.0283 e. The molecule has 0 nitrogen and oxygen atoms in total. The lowest BCUT2D eigenvalue weighted by molar-refractivity contribution is 0.906. The molecule has 0 atom stereocenters. The largest absolute Gasteiger partial charge is 0.0991 e. The van der Waals surface area contributed by atoms with Crippen LogP contribution in [0, 0.1) is 0 Å². The SMILES string of the molecule is C=C/C=C(/C)CCC.CC1=CC=C(C)CC1. The molecule has 0 aromatic rings. The first-order valence-electron chi connectivity index (χ1n) is 6.21. The van der Waals surface area contributed by atoms with Crippen LogP contribution in [-0.4, -0.2) is 0 Å². The molecule has 0 amide bonds. The van der Waals surface area contributed by atoms with Crippen molar-refractivity contribution in [2.45, 2.75) is 53.4 Å². The quantitative estimate of drug-likeness (QED) is 0.541. The smallest absolute Gasteiger partial charge is 0.0283 e. The van der Waals surface area contributed by atoms with E-state index in [-0.39, 0.29) is 0 Å². The zero-order chi connectivity index (χ0) is 12.4. The molecule has 0 unspecified atom stereocenters. The monoisotopic (exact) mass is 218 g/mol. The summed E-state index contributed by atoms with van der Waals surface area (Å²) in [5.74, 6) is 0. The minimum Gasteiger partial charge on any atom is -0.0991 e. The molecular weight excluding hydrogens is 192 g/mol. The fraction of sp³-hybridized carbons (Fsp3) is 0.500. The maximum atomic E-state index is 3.61. The Balaban J connectivity index is 0.000000281. The van der Waals surface area contributed by atoms with Gasteiger partial charge in [0.05, 0.1) is 0 Å². The van der Waals surface area contributed by atoms with Gasteiger partial charge in [-0.2, -0.15) is 0 Å². The van der Waals surface area contributed by atoms with Gasteiger partial charge in [0.2, 0.25) is 0 Å². The second kappa shape index (κ2) is 9.21. The van der Waals surface area contributed by atoms with E-state index in [1.807, 2.05) is 6.08 Å². The van der Waals surface area contributed by atoms with E-state index in [0.717, 1.165) is 0 Å². The zero-order valence-electron chi connectivity index (χ0n) is 11.3. The van der Waals surface area contributed by atoms with Crippen LogP contribution in [0.25, 0.3) is 0 Å². The summed E-state index contributed by atoms with van der Waals surface area (Å²) in [5, 5.41) is 0. The molecule has 90 valence electrons. The topological polar surface area (TPSA) is 0 Å². The van der Waals surface area contributed by atoms with Crippen LogP contribution in [0.3, 0.4) is 0 Å². The molecule has 0 saturated carbocycles. The molecule has 0 fully saturated rings. The molecule has 0 aliphatic heterocycles. The van der Waals surface area contributed by atoms with E-state index < -0.39 is 0 Å². The first-order chi connectivity index (χ1) is 7.60. The third-order valence-corrected chi connectivity index (χ3v) is 2.61. The highest BCUT2D eigenvalue weighted by Crippen LogP contribution is 2.15. The van der Waals surface area contributed by atoms with E-state index in [9.17, 15) is 0 Å². The standard InChI is InChI=1S/C8H12.C8H14/c1-7-3-5-8(2)6-4-7;1-4-6-8(3)7-5-2/h3,5H,4,6H2,1-2H3;4,6H,1,5,7H2,2-3H3/b;8-6-. The summed E-state index contributed by atoms with van der Waals surface area (Å²) < 4.78 is 0. The van der Waals surface area contributed by atoms with Gasteiger partial charge in [-0.15, -0.1) is 0 Å². The zero-order valence-corrected chi connectivity index (χ0v) is 11.3. The summed E-state index contributed by atoms with van der Waals surface area (Å²) in [7, 11) is 0. The van der Waals surface area contributed by atoms with Crippen molar-refractivity contribution in [3.8, 4) is 0 Å². The molecule has 0 radical (unpaired) electrons. The fourth-order valence-corrected chi connectivity index (χ4v) is 1.52. The number of hydrogen-bond acceptors (Lipinski definition) is 0. The molecule has 1 rings (SSSR count). The number of rotatable bonds is 3. The summed E-state index contributed by atoms with van der Waals surface area (Å²) >= 11 is 0. The average Bonchev–Trinajstić information content (AvgIpc) is 2.24. The van der Waals surface area contributed by atoms with Crippen molar-refractivity contribution < 1.29 is 0 Å². The predicted octanol–water partition coefficient (Wildman–Crippen LogP) is 5.59. The Bertz CT molecular complexity index is 266. The molecule has 16 heavy (non-hydrogen) atoms. The second-order valence-electron chi connectivity index (χ2n) is 4.52. The molecule has 1 aliphatic carbocycles. The molecule has 0 saturated heterocycles. The van der Waals surface area contributed by atoms with Crippen LogP contribution >= 0.6 is 0 Å². The molecule has 0 bridgehead atoms. The Labute approximate surface area is 101 Å². The van der Waals surface area contributed by atoms with E-state index in [4.69, 9.17) is 0 Å². The lowest BCUT2D eigenvalue weighted by atomic mass is 10.0. The van der Waals surface area contributed by atoms with Gasteiger partial charge in [-0.1, -0.05) is 60.9 Å². The first kappa shape index (κ1) is 15.0. The van der Waals surface area contributed by atoms with Crippen molar-refractivity contribution in [3.63, 3.8) is 0 Å². The van der Waals surface area contributed by atoms with Gasteiger partial charge in [-0.05, 0) is 40.0 Å². The summed E-state index contributed by atoms with van der Waals surface area (Å²) in [6.45, 7) is 12.3. The van der Waals surface area contributed by atoms with Crippen LogP contribution in [0.15, 0.2) is 47.6 Å². The lowest BCUT2D eigenvalue weighted by Gasteiger charge is -2.05. The van der Waals surface area contributed by atoms with Gasteiger partial charge in [0, 0.05) is 0 Å². The van der Waals surface area contributed by atoms with Gasteiger partial charge in [-0.25, -0.2) is 0 Å². The van der Waals surface area contributed by atoms with E-state index >= 15 is 0 Å². The summed E-state index contributed by atoms with van der Waals surface area (Å²) in [4.78, 5) is 0. The molecule has 0 N–H and O–H groups in total. The van der Waals surface area contributed by atoms with Crippen molar-refractivity contribution >= 4 is 0 Å². The van der Waals surface area contributed by atoms with Crippen LogP contribution in [0.5, 0.6) is 0 Å². The highest BCUT2D eigenvalue weighted by molar-refractivity contribution is 5.20. The third kappa shape index (κ3) is 8.28. The van der Waals surface area contributed by atoms with Gasteiger partial charge in [0.25, 0.3) is 0 Å². The molecule has 0 aromatic carbocycles. The second-order valence-corrected chi connectivity index (χ2v) is 4.52. The molecular formula is C16H26. The maximum absolute atomic E-state index is 3.61. The van der Waals surface area contributed by atoms with Crippen molar-refractivity contribution in [1.29, 1.82) is 0 Å². The Morgan fingerprint density at radius 1 is 1.25 bits per heavy atom. The fourth-order valence-electron chi connectivity index (χ4n) is 1.52. The number of hydrogen-bond donors (Lipinski definition) is 0. The van der Waals surface area contributed by atoms with Crippen molar-refractivity contribution in [1.82, 2.24) is 0 Å². The first-order valence-corrected chi connectivity index (χ1v) is 6.21. The van der Waals surface area contributed by atoms with Crippen molar-refractivity contribution in [3.05, 3.63) is 47.6 Å². The van der Waals surface area contributed by atoms with Gasteiger partial charge in [0.1, 0.15) is 0 Å². The normalized spacial score (nSPS) is 15.6.